The lowest BCUT2D eigenvalue weighted by molar-refractivity contribution is 0.440. The van der Waals surface area contributed by atoms with Crippen LogP contribution in [0.25, 0.3) is 0 Å². The second kappa shape index (κ2) is 7.96. The molecule has 0 saturated heterocycles. The van der Waals surface area contributed by atoms with Gasteiger partial charge in [0.05, 0.1) is 0 Å². The van der Waals surface area contributed by atoms with Crippen molar-refractivity contribution in [3.05, 3.63) is 22.4 Å². The predicted molar refractivity (Wildman–Crippen MR) is 80.7 cm³/mol. The maximum absolute atomic E-state index is 12.1. The summed E-state index contributed by atoms with van der Waals surface area (Å²) in [6.07, 6.45) is 1.52. The van der Waals surface area contributed by atoms with Gasteiger partial charge in [0.15, 0.2) is 0 Å². The Hall–Kier alpha value is -0.470. The molecule has 0 aliphatic heterocycles. The number of thiophene rings is 1. The Morgan fingerprint density at radius 2 is 2.21 bits per heavy atom. The first kappa shape index (κ1) is 16.6. The molecule has 7 heteroatoms. The molecule has 5 nitrogen and oxygen atoms in total. The van der Waals surface area contributed by atoms with E-state index in [0.29, 0.717) is 6.54 Å². The molecular formula is C12H23N3O2S2. The summed E-state index contributed by atoms with van der Waals surface area (Å²) in [5, 5.41) is 5.00. The zero-order valence-electron chi connectivity index (χ0n) is 11.7. The van der Waals surface area contributed by atoms with Crippen LogP contribution in [-0.2, 0) is 16.6 Å². The van der Waals surface area contributed by atoms with Gasteiger partial charge in [-0.1, -0.05) is 6.07 Å². The van der Waals surface area contributed by atoms with Gasteiger partial charge in [0.25, 0.3) is 10.2 Å². The number of hydrogen-bond acceptors (Lipinski definition) is 4. The minimum absolute atomic E-state index is 0.101. The normalized spacial score (nSPS) is 13.9. The summed E-state index contributed by atoms with van der Waals surface area (Å²) >= 11 is 1.65. The van der Waals surface area contributed by atoms with Crippen LogP contribution in [0.4, 0.5) is 0 Å². The summed E-state index contributed by atoms with van der Waals surface area (Å²) in [6, 6.07) is 3.90. The van der Waals surface area contributed by atoms with E-state index in [1.54, 1.807) is 18.4 Å². The summed E-state index contributed by atoms with van der Waals surface area (Å²) < 4.78 is 28.2. The van der Waals surface area contributed by atoms with Gasteiger partial charge in [-0.05, 0) is 44.8 Å². The molecule has 0 radical (unpaired) electrons. The highest BCUT2D eigenvalue weighted by molar-refractivity contribution is 7.87. The van der Waals surface area contributed by atoms with Crippen LogP contribution in [0.1, 0.15) is 18.2 Å². The Labute approximate surface area is 120 Å². The van der Waals surface area contributed by atoms with Crippen LogP contribution >= 0.6 is 11.3 Å². The van der Waals surface area contributed by atoms with E-state index in [4.69, 9.17) is 0 Å². The summed E-state index contributed by atoms with van der Waals surface area (Å²) in [5.74, 6) is 0. The van der Waals surface area contributed by atoms with Gasteiger partial charge >= 0.3 is 0 Å². The Morgan fingerprint density at radius 1 is 1.47 bits per heavy atom. The lowest BCUT2D eigenvalue weighted by atomic mass is 10.2. The minimum atomic E-state index is -3.38. The Bertz CT molecular complexity index is 446. The monoisotopic (exact) mass is 305 g/mol. The fourth-order valence-corrected chi connectivity index (χ4v) is 3.69. The van der Waals surface area contributed by atoms with Gasteiger partial charge in [0, 0.05) is 24.5 Å². The van der Waals surface area contributed by atoms with Gasteiger partial charge in [-0.2, -0.15) is 17.4 Å². The summed E-state index contributed by atoms with van der Waals surface area (Å²) in [7, 11) is 0.0810. The molecule has 1 atom stereocenters. The van der Waals surface area contributed by atoms with Crippen molar-refractivity contribution in [3.63, 3.8) is 0 Å². The van der Waals surface area contributed by atoms with Crippen LogP contribution in [0.3, 0.4) is 0 Å². The molecule has 1 aromatic heterocycles. The molecule has 0 bridgehead atoms. The molecular weight excluding hydrogens is 282 g/mol. The Morgan fingerprint density at radius 3 is 2.79 bits per heavy atom. The second-order valence-electron chi connectivity index (χ2n) is 4.59. The quantitative estimate of drug-likeness (QED) is 0.671. The smallest absolute Gasteiger partial charge is 0.279 e. The number of hydrogen-bond donors (Lipinski definition) is 2. The minimum Gasteiger partial charge on any atom is -0.320 e. The van der Waals surface area contributed by atoms with Gasteiger partial charge in [-0.25, -0.2) is 0 Å². The molecule has 0 fully saturated rings. The van der Waals surface area contributed by atoms with Crippen LogP contribution in [0.2, 0.25) is 0 Å². The molecule has 0 aliphatic carbocycles. The van der Waals surface area contributed by atoms with Crippen LogP contribution in [0.15, 0.2) is 17.5 Å². The zero-order valence-corrected chi connectivity index (χ0v) is 13.4. The van der Waals surface area contributed by atoms with Crippen molar-refractivity contribution in [2.75, 3.05) is 27.2 Å². The fraction of sp³-hybridized carbons (Fsp3) is 0.667. The topological polar surface area (TPSA) is 61.4 Å². The van der Waals surface area contributed by atoms with Gasteiger partial charge in [-0.3, -0.25) is 0 Å². The van der Waals surface area contributed by atoms with E-state index in [-0.39, 0.29) is 6.04 Å². The molecule has 1 heterocycles. The summed E-state index contributed by atoms with van der Waals surface area (Å²) in [4.78, 5) is 1.19. The third kappa shape index (κ3) is 6.01. The van der Waals surface area contributed by atoms with Crippen LogP contribution in [0, 0.1) is 0 Å². The molecule has 0 aliphatic rings. The molecule has 0 saturated carbocycles. The molecule has 1 rings (SSSR count). The first-order valence-corrected chi connectivity index (χ1v) is 8.68. The fourth-order valence-electron chi connectivity index (χ4n) is 1.72. The molecule has 1 unspecified atom stereocenters. The number of rotatable bonds is 9. The van der Waals surface area contributed by atoms with Gasteiger partial charge in [0.1, 0.15) is 0 Å². The highest BCUT2D eigenvalue weighted by atomic mass is 32.2. The Balaban J connectivity index is 2.44. The second-order valence-corrected chi connectivity index (χ2v) is 7.43. The molecule has 0 amide bonds. The third-order valence-corrected chi connectivity index (χ3v) is 5.35. The van der Waals surface area contributed by atoms with E-state index in [2.05, 4.69) is 10.0 Å². The standard InChI is InChI=1S/C12H23N3O2S2/c1-11(10-12-6-4-9-18-12)14-19(16,17)15(3)8-5-7-13-2/h4,6,9,11,13-14H,5,7-8,10H2,1-3H3. The van der Waals surface area contributed by atoms with Gasteiger partial charge < -0.3 is 5.32 Å². The van der Waals surface area contributed by atoms with E-state index in [9.17, 15) is 8.42 Å². The largest absolute Gasteiger partial charge is 0.320 e. The van der Waals surface area contributed by atoms with Crippen molar-refractivity contribution in [3.8, 4) is 0 Å². The van der Waals surface area contributed by atoms with E-state index in [1.165, 1.54) is 9.18 Å². The van der Waals surface area contributed by atoms with Crippen LogP contribution < -0.4 is 10.0 Å². The first-order valence-electron chi connectivity index (χ1n) is 6.36. The average molecular weight is 305 g/mol. The molecule has 1 aromatic rings. The molecule has 0 spiro atoms. The van der Waals surface area contributed by atoms with Crippen LogP contribution in [-0.4, -0.2) is 45.9 Å². The van der Waals surface area contributed by atoms with Crippen molar-refractivity contribution >= 4 is 21.5 Å². The molecule has 19 heavy (non-hydrogen) atoms. The highest BCUT2D eigenvalue weighted by Crippen LogP contribution is 2.11. The van der Waals surface area contributed by atoms with Gasteiger partial charge in [-0.15, -0.1) is 11.3 Å². The van der Waals surface area contributed by atoms with E-state index in [1.807, 2.05) is 31.5 Å². The lowest BCUT2D eigenvalue weighted by Gasteiger charge is -2.20. The zero-order chi connectivity index (χ0) is 14.3. The highest BCUT2D eigenvalue weighted by Gasteiger charge is 2.19. The van der Waals surface area contributed by atoms with Crippen molar-refractivity contribution in [1.29, 1.82) is 0 Å². The van der Waals surface area contributed by atoms with Gasteiger partial charge in [0.2, 0.25) is 0 Å². The van der Waals surface area contributed by atoms with Crippen molar-refractivity contribution in [2.24, 2.45) is 0 Å². The van der Waals surface area contributed by atoms with E-state index in [0.717, 1.165) is 19.4 Å². The molecule has 0 aromatic carbocycles. The van der Waals surface area contributed by atoms with Crippen molar-refractivity contribution in [2.45, 2.75) is 25.8 Å². The van der Waals surface area contributed by atoms with E-state index < -0.39 is 10.2 Å². The maximum atomic E-state index is 12.1. The number of nitrogens with zero attached hydrogens (tertiary/aromatic N) is 1. The van der Waals surface area contributed by atoms with E-state index >= 15 is 0 Å². The summed E-state index contributed by atoms with van der Waals surface area (Å²) in [5.41, 5.74) is 0. The van der Waals surface area contributed by atoms with Crippen molar-refractivity contribution < 1.29 is 8.42 Å². The van der Waals surface area contributed by atoms with Crippen molar-refractivity contribution in [1.82, 2.24) is 14.3 Å². The lowest BCUT2D eigenvalue weighted by Crippen LogP contribution is -2.43. The average Bonchev–Trinajstić information content (AvgIpc) is 2.81. The first-order chi connectivity index (χ1) is 8.95. The third-order valence-electron chi connectivity index (χ3n) is 2.75. The SMILES string of the molecule is CNCCCN(C)S(=O)(=O)NC(C)Cc1cccs1. The number of nitrogens with one attached hydrogen (secondary N) is 2. The molecule has 110 valence electrons. The van der Waals surface area contributed by atoms with Crippen LogP contribution in [0.5, 0.6) is 0 Å². The predicted octanol–water partition coefficient (Wildman–Crippen LogP) is 1.05. The Kier molecular flexibility index (Phi) is 6.95. The molecule has 2 N–H and O–H groups in total. The maximum Gasteiger partial charge on any atom is 0.279 e. The summed E-state index contributed by atoms with van der Waals surface area (Å²) in [6.45, 7) is 3.21.